The van der Waals surface area contributed by atoms with Crippen LogP contribution in [0.15, 0.2) is 34.8 Å². The minimum atomic E-state index is -4.51. The molecule has 1 aliphatic heterocycles. The van der Waals surface area contributed by atoms with Crippen LogP contribution in [0.25, 0.3) is 0 Å². The molecule has 0 spiro atoms. The molecule has 2 atom stereocenters. The SMILES string of the molecule is CC(c1ccc(C(F)(F)F)nc1)S(C)(=O)=NC#N.O=C1C=CCO1. The molecule has 1 aliphatic rings. The highest BCUT2D eigenvalue weighted by Gasteiger charge is 2.32. The molecule has 2 rings (SSSR count). The maximum absolute atomic E-state index is 12.3. The van der Waals surface area contributed by atoms with E-state index in [9.17, 15) is 22.2 Å². The molecular weight excluding hydrogens is 347 g/mol. The molecule has 1 aromatic heterocycles. The van der Waals surface area contributed by atoms with Gasteiger partial charge >= 0.3 is 12.1 Å². The number of carbonyl (C=O) groups excluding carboxylic acids is 1. The van der Waals surface area contributed by atoms with Crippen LogP contribution < -0.4 is 0 Å². The summed E-state index contributed by atoms with van der Waals surface area (Å²) in [6.45, 7) is 1.98. The van der Waals surface area contributed by atoms with Gasteiger partial charge in [0, 0.05) is 18.5 Å². The van der Waals surface area contributed by atoms with Gasteiger partial charge < -0.3 is 4.74 Å². The number of aromatic nitrogens is 1. The van der Waals surface area contributed by atoms with E-state index in [2.05, 4.69) is 14.1 Å². The number of esters is 1. The first kappa shape index (κ1) is 19.6. The van der Waals surface area contributed by atoms with E-state index < -0.39 is 26.8 Å². The van der Waals surface area contributed by atoms with E-state index in [0.717, 1.165) is 12.3 Å². The number of cyclic esters (lactones) is 1. The molecule has 2 unspecified atom stereocenters. The van der Waals surface area contributed by atoms with E-state index in [-0.39, 0.29) is 5.97 Å². The molecule has 24 heavy (non-hydrogen) atoms. The van der Waals surface area contributed by atoms with Crippen molar-refractivity contribution >= 4 is 15.7 Å². The quantitative estimate of drug-likeness (QED) is 0.596. The summed E-state index contributed by atoms with van der Waals surface area (Å²) in [5, 5.41) is 7.71. The number of ether oxygens (including phenoxy) is 1. The normalized spacial score (nSPS) is 16.9. The summed E-state index contributed by atoms with van der Waals surface area (Å²) in [5.41, 5.74) is -0.673. The number of rotatable bonds is 2. The van der Waals surface area contributed by atoms with Crippen LogP contribution in [0.3, 0.4) is 0 Å². The zero-order chi connectivity index (χ0) is 18.4. The lowest BCUT2D eigenvalue weighted by Gasteiger charge is -2.13. The van der Waals surface area contributed by atoms with Gasteiger partial charge in [0.05, 0.1) is 15.0 Å². The molecular formula is C14H14F3N3O3S. The number of nitriles is 1. The molecule has 0 aliphatic carbocycles. The monoisotopic (exact) mass is 361 g/mol. The Labute approximate surface area is 137 Å². The highest BCUT2D eigenvalue weighted by Crippen LogP contribution is 2.29. The highest BCUT2D eigenvalue weighted by atomic mass is 32.2. The number of nitrogens with zero attached hydrogens (tertiary/aromatic N) is 3. The standard InChI is InChI=1S/C10H10F3N3OS.C4H4O2/c1-7(18(2,17)16-6-14)8-3-4-9(15-5-8)10(11,12)13;5-4-2-1-3-6-4/h3-5,7H,1-2H3;1-2H,3H2. The fourth-order valence-electron chi connectivity index (χ4n) is 1.55. The Morgan fingerprint density at radius 1 is 1.46 bits per heavy atom. The third-order valence-electron chi connectivity index (χ3n) is 3.00. The predicted octanol–water partition coefficient (Wildman–Crippen LogP) is 2.84. The largest absolute Gasteiger partial charge is 0.458 e. The molecule has 0 amide bonds. The second-order valence-electron chi connectivity index (χ2n) is 4.70. The van der Waals surface area contributed by atoms with Gasteiger partial charge in [0.1, 0.15) is 12.3 Å². The highest BCUT2D eigenvalue weighted by molar-refractivity contribution is 7.93. The molecule has 2 heterocycles. The number of halogens is 3. The van der Waals surface area contributed by atoms with E-state index in [1.54, 1.807) is 6.08 Å². The van der Waals surface area contributed by atoms with Gasteiger partial charge in [-0.2, -0.15) is 18.4 Å². The Morgan fingerprint density at radius 3 is 2.46 bits per heavy atom. The van der Waals surface area contributed by atoms with Crippen LogP contribution in [0.2, 0.25) is 0 Å². The molecule has 6 nitrogen and oxygen atoms in total. The molecule has 0 radical (unpaired) electrons. The Morgan fingerprint density at radius 2 is 2.12 bits per heavy atom. The third-order valence-corrected chi connectivity index (χ3v) is 5.03. The van der Waals surface area contributed by atoms with Crippen LogP contribution in [-0.2, 0) is 25.4 Å². The topological polar surface area (TPSA) is 92.4 Å². The maximum Gasteiger partial charge on any atom is 0.433 e. The van der Waals surface area contributed by atoms with Gasteiger partial charge in [-0.05, 0) is 24.6 Å². The molecule has 130 valence electrons. The van der Waals surface area contributed by atoms with E-state index in [1.165, 1.54) is 31.5 Å². The Balaban J connectivity index is 0.000000400. The summed E-state index contributed by atoms with van der Waals surface area (Å²) < 4.78 is 56.5. The van der Waals surface area contributed by atoms with Crippen LogP contribution >= 0.6 is 0 Å². The van der Waals surface area contributed by atoms with E-state index in [0.29, 0.717) is 12.2 Å². The summed E-state index contributed by atoms with van der Waals surface area (Å²) in [6.07, 6.45) is 2.32. The summed E-state index contributed by atoms with van der Waals surface area (Å²) in [6, 6.07) is 2.00. The van der Waals surface area contributed by atoms with Gasteiger partial charge in [-0.15, -0.1) is 4.36 Å². The average molecular weight is 361 g/mol. The molecule has 0 aromatic carbocycles. The first-order valence-corrected chi connectivity index (χ1v) is 8.52. The maximum atomic E-state index is 12.3. The van der Waals surface area contributed by atoms with Gasteiger partial charge in [-0.25, -0.2) is 9.00 Å². The van der Waals surface area contributed by atoms with Crippen LogP contribution in [0, 0.1) is 11.5 Å². The molecule has 0 bridgehead atoms. The second-order valence-corrected chi connectivity index (χ2v) is 7.31. The summed E-state index contributed by atoms with van der Waals surface area (Å²) in [5.74, 6) is -0.227. The zero-order valence-electron chi connectivity index (χ0n) is 12.8. The Hall–Kier alpha value is -2.41. The first-order valence-electron chi connectivity index (χ1n) is 6.53. The van der Waals surface area contributed by atoms with Gasteiger partial charge in [-0.3, -0.25) is 4.98 Å². The predicted molar refractivity (Wildman–Crippen MR) is 79.9 cm³/mol. The lowest BCUT2D eigenvalue weighted by molar-refractivity contribution is -0.141. The van der Waals surface area contributed by atoms with Gasteiger partial charge in [0.2, 0.25) is 6.19 Å². The molecule has 0 N–H and O–H groups in total. The number of alkyl halides is 3. The molecule has 0 saturated heterocycles. The zero-order valence-corrected chi connectivity index (χ0v) is 13.6. The van der Waals surface area contributed by atoms with E-state index in [4.69, 9.17) is 5.26 Å². The number of hydrogen-bond donors (Lipinski definition) is 0. The van der Waals surface area contributed by atoms with Gasteiger partial charge in [-0.1, -0.05) is 6.07 Å². The second kappa shape index (κ2) is 7.92. The van der Waals surface area contributed by atoms with Crippen molar-refractivity contribution in [3.05, 3.63) is 41.7 Å². The number of carbonyl (C=O) groups is 1. The molecule has 1 aromatic rings. The van der Waals surface area contributed by atoms with E-state index >= 15 is 0 Å². The summed E-state index contributed by atoms with van der Waals surface area (Å²) in [7, 11) is -2.82. The average Bonchev–Trinajstić information content (AvgIpc) is 2.97. The molecule has 0 fully saturated rings. The summed E-state index contributed by atoms with van der Waals surface area (Å²) in [4.78, 5) is 13.2. The number of hydrogen-bond acceptors (Lipinski definition) is 6. The minimum Gasteiger partial charge on any atom is -0.458 e. The van der Waals surface area contributed by atoms with Crippen LogP contribution in [-0.4, -0.2) is 28.0 Å². The van der Waals surface area contributed by atoms with Crippen LogP contribution in [0.5, 0.6) is 0 Å². The van der Waals surface area contributed by atoms with Crippen molar-refractivity contribution in [1.82, 2.24) is 4.98 Å². The van der Waals surface area contributed by atoms with Crippen LogP contribution in [0.4, 0.5) is 13.2 Å². The number of pyridine rings is 1. The first-order chi connectivity index (χ1) is 11.1. The van der Waals surface area contributed by atoms with Crippen molar-refractivity contribution in [1.29, 1.82) is 5.26 Å². The van der Waals surface area contributed by atoms with E-state index in [1.807, 2.05) is 0 Å². The van der Waals surface area contributed by atoms with Crippen molar-refractivity contribution in [3.8, 4) is 6.19 Å². The Bertz CT molecular complexity index is 773. The van der Waals surface area contributed by atoms with Crippen molar-refractivity contribution in [2.45, 2.75) is 18.3 Å². The van der Waals surface area contributed by atoms with Crippen molar-refractivity contribution in [2.75, 3.05) is 12.9 Å². The molecule has 0 saturated carbocycles. The van der Waals surface area contributed by atoms with Crippen molar-refractivity contribution < 1.29 is 26.9 Å². The van der Waals surface area contributed by atoms with Gasteiger partial charge in [0.15, 0.2) is 0 Å². The smallest absolute Gasteiger partial charge is 0.433 e. The fraction of sp³-hybridized carbons (Fsp3) is 0.357. The Kier molecular flexibility index (Phi) is 6.48. The third kappa shape index (κ3) is 5.66. The fourth-order valence-corrected chi connectivity index (χ4v) is 2.51. The summed E-state index contributed by atoms with van der Waals surface area (Å²) >= 11 is 0. The minimum absolute atomic E-state index is 0.227. The lowest BCUT2D eigenvalue weighted by atomic mass is 10.2. The lowest BCUT2D eigenvalue weighted by Crippen LogP contribution is -2.11. The van der Waals surface area contributed by atoms with Crippen LogP contribution in [0.1, 0.15) is 23.4 Å². The molecule has 10 heteroatoms. The van der Waals surface area contributed by atoms with Crippen molar-refractivity contribution in [2.24, 2.45) is 4.36 Å². The van der Waals surface area contributed by atoms with Gasteiger partial charge in [0.25, 0.3) is 0 Å². The van der Waals surface area contributed by atoms with Crippen molar-refractivity contribution in [3.63, 3.8) is 0 Å².